The normalized spacial score (nSPS) is 14.7. The van der Waals surface area contributed by atoms with Gasteiger partial charge in [0.1, 0.15) is 10.6 Å². The Kier molecular flexibility index (Phi) is 8.59. The Labute approximate surface area is 253 Å². The molecule has 216 valence electrons. The smallest absolute Gasteiger partial charge is 0.283 e. The molecule has 3 amide bonds. The zero-order chi connectivity index (χ0) is 30.5. The summed E-state index contributed by atoms with van der Waals surface area (Å²) in [5.74, 6) is -0.843. The van der Waals surface area contributed by atoms with Gasteiger partial charge in [-0.25, -0.2) is 10.4 Å². The molecule has 0 atom stereocenters. The number of hydrazone groups is 1. The molecule has 1 saturated heterocycles. The van der Waals surface area contributed by atoms with E-state index in [1.807, 2.05) is 0 Å². The molecule has 0 saturated carbocycles. The van der Waals surface area contributed by atoms with E-state index < -0.39 is 22.6 Å². The fourth-order valence-corrected chi connectivity index (χ4v) is 5.78. The maximum atomic E-state index is 13.4. The largest absolute Gasteiger partial charge is 0.497 e. The first-order valence-electron chi connectivity index (χ1n) is 12.6. The number of amidine groups is 1. The topological polar surface area (TPSA) is 156 Å². The van der Waals surface area contributed by atoms with Gasteiger partial charge in [-0.05, 0) is 67.2 Å². The first kappa shape index (κ1) is 29.2. The fraction of sp³-hybridized carbons (Fsp3) is 0.0690. The summed E-state index contributed by atoms with van der Waals surface area (Å²) in [6.07, 6.45) is 1.43. The number of hydrogen-bond acceptors (Lipinski definition) is 10. The number of methoxy groups -OCH3 is 1. The summed E-state index contributed by atoms with van der Waals surface area (Å²) in [6.45, 7) is 1.62. The third-order valence-corrected chi connectivity index (χ3v) is 8.11. The summed E-state index contributed by atoms with van der Waals surface area (Å²) < 4.78 is 5.11. The number of nitrogens with zero attached hydrogens (tertiary/aromatic N) is 4. The van der Waals surface area contributed by atoms with Crippen molar-refractivity contribution in [2.24, 2.45) is 5.10 Å². The number of rotatable bonds is 8. The van der Waals surface area contributed by atoms with Crippen molar-refractivity contribution in [3.05, 3.63) is 116 Å². The number of thiazole rings is 1. The first-order valence-corrected chi connectivity index (χ1v) is 14.2. The van der Waals surface area contributed by atoms with E-state index in [1.54, 1.807) is 79.7 Å². The van der Waals surface area contributed by atoms with Crippen LogP contribution in [0.1, 0.15) is 31.3 Å². The monoisotopic (exact) mass is 614 g/mol. The molecule has 0 unspecified atom stereocenters. The molecule has 1 fully saturated rings. The van der Waals surface area contributed by atoms with Gasteiger partial charge < -0.3 is 4.74 Å². The molecule has 14 heteroatoms. The van der Waals surface area contributed by atoms with Crippen molar-refractivity contribution in [3.63, 3.8) is 0 Å². The summed E-state index contributed by atoms with van der Waals surface area (Å²) >= 11 is 1.94. The van der Waals surface area contributed by atoms with Crippen molar-refractivity contribution in [1.29, 1.82) is 0 Å². The first-order chi connectivity index (χ1) is 20.7. The molecule has 1 aliphatic rings. The molecular formula is C29H22N6O6S2. The van der Waals surface area contributed by atoms with Crippen molar-refractivity contribution in [1.82, 2.24) is 10.4 Å². The Hall–Kier alpha value is -5.34. The van der Waals surface area contributed by atoms with Crippen LogP contribution in [0.15, 0.2) is 88.9 Å². The Morgan fingerprint density at radius 3 is 2.42 bits per heavy atom. The maximum Gasteiger partial charge on any atom is 0.283 e. The standard InChI is InChI=1S/C29H22N6O6S2/c1-17-24(43-28(30-17)31-25(36)18-12-14-21(41-2)15-13-18)26(37)32-33-29-34(20-9-4-3-5-10-20)27(38)23(42-29)16-19-8-6-7-11-22(19)35(39)40/h3-16H,1-2H3,(H,32,37)(H,30,31,36)/b23-16-,33-29-. The van der Waals surface area contributed by atoms with E-state index in [-0.39, 0.29) is 31.3 Å². The Morgan fingerprint density at radius 1 is 1.02 bits per heavy atom. The minimum atomic E-state index is -0.593. The van der Waals surface area contributed by atoms with E-state index in [9.17, 15) is 24.5 Å². The van der Waals surface area contributed by atoms with E-state index in [4.69, 9.17) is 4.74 Å². The zero-order valence-electron chi connectivity index (χ0n) is 22.6. The third-order valence-electron chi connectivity index (χ3n) is 6.07. The number of hydrogen-bond donors (Lipinski definition) is 2. The van der Waals surface area contributed by atoms with Crippen LogP contribution in [-0.2, 0) is 4.79 Å². The second-order valence-electron chi connectivity index (χ2n) is 8.85. The Balaban J connectivity index is 1.37. The maximum absolute atomic E-state index is 13.4. The van der Waals surface area contributed by atoms with Gasteiger partial charge in [-0.3, -0.25) is 34.7 Å². The van der Waals surface area contributed by atoms with Crippen LogP contribution in [0.25, 0.3) is 6.08 Å². The third kappa shape index (κ3) is 6.45. The van der Waals surface area contributed by atoms with Gasteiger partial charge in [-0.1, -0.05) is 41.7 Å². The van der Waals surface area contributed by atoms with Gasteiger partial charge in [0.2, 0.25) is 0 Å². The van der Waals surface area contributed by atoms with Crippen molar-refractivity contribution in [2.45, 2.75) is 6.92 Å². The summed E-state index contributed by atoms with van der Waals surface area (Å²) in [5.41, 5.74) is 3.84. The number of nitro benzene ring substituents is 1. The summed E-state index contributed by atoms with van der Waals surface area (Å²) in [6, 6.07) is 21.3. The predicted octanol–water partition coefficient (Wildman–Crippen LogP) is 5.44. The van der Waals surface area contributed by atoms with Gasteiger partial charge in [0.15, 0.2) is 10.3 Å². The predicted molar refractivity (Wildman–Crippen MR) is 165 cm³/mol. The number of thioether (sulfide) groups is 1. The van der Waals surface area contributed by atoms with Crippen molar-refractivity contribution >= 4 is 68.6 Å². The highest BCUT2D eigenvalue weighted by Crippen LogP contribution is 2.37. The molecule has 0 spiro atoms. The SMILES string of the molecule is COc1ccc(C(=O)Nc2nc(C)c(C(=O)N/N=C3\S/C(=C\c4ccccc4[N+](=O)[O-])C(=O)N3c3ccccc3)s2)cc1. The minimum absolute atomic E-state index is 0.143. The molecule has 2 N–H and O–H groups in total. The summed E-state index contributed by atoms with van der Waals surface area (Å²) in [5, 5.41) is 18.8. The van der Waals surface area contributed by atoms with Crippen LogP contribution in [-0.4, -0.2) is 39.9 Å². The zero-order valence-corrected chi connectivity index (χ0v) is 24.3. The van der Waals surface area contributed by atoms with Crippen LogP contribution in [0, 0.1) is 17.0 Å². The van der Waals surface area contributed by atoms with Crippen LogP contribution in [0.2, 0.25) is 0 Å². The van der Waals surface area contributed by atoms with Crippen molar-refractivity contribution in [3.8, 4) is 5.75 Å². The number of amides is 3. The summed E-state index contributed by atoms with van der Waals surface area (Å²) in [7, 11) is 1.53. The van der Waals surface area contributed by atoms with Gasteiger partial charge in [0, 0.05) is 11.6 Å². The number of carbonyl (C=O) groups is 3. The number of benzene rings is 3. The number of anilines is 2. The van der Waals surface area contributed by atoms with Gasteiger partial charge in [0.05, 0.1) is 33.9 Å². The number of nitrogens with one attached hydrogen (secondary N) is 2. The van der Waals surface area contributed by atoms with E-state index in [2.05, 4.69) is 20.8 Å². The minimum Gasteiger partial charge on any atom is -0.497 e. The lowest BCUT2D eigenvalue weighted by molar-refractivity contribution is -0.385. The van der Waals surface area contributed by atoms with Gasteiger partial charge in [0.25, 0.3) is 23.4 Å². The number of nitro groups is 1. The van der Waals surface area contributed by atoms with Gasteiger partial charge in [-0.2, -0.15) is 0 Å². The van der Waals surface area contributed by atoms with Crippen molar-refractivity contribution in [2.75, 3.05) is 17.3 Å². The Morgan fingerprint density at radius 2 is 1.72 bits per heavy atom. The quantitative estimate of drug-likeness (QED) is 0.151. The second kappa shape index (κ2) is 12.7. The lowest BCUT2D eigenvalue weighted by atomic mass is 10.1. The molecule has 0 bridgehead atoms. The van der Waals surface area contributed by atoms with Crippen LogP contribution in [0.4, 0.5) is 16.5 Å². The lowest BCUT2D eigenvalue weighted by Gasteiger charge is -2.15. The highest BCUT2D eigenvalue weighted by molar-refractivity contribution is 8.19. The molecule has 1 aliphatic heterocycles. The molecule has 5 rings (SSSR count). The van der Waals surface area contributed by atoms with E-state index in [0.29, 0.717) is 22.7 Å². The fourth-order valence-electron chi connectivity index (χ4n) is 3.99. The number of ether oxygens (including phenoxy) is 1. The van der Waals surface area contributed by atoms with Crippen LogP contribution < -0.4 is 20.4 Å². The molecule has 3 aromatic carbocycles. The highest BCUT2D eigenvalue weighted by atomic mass is 32.2. The van der Waals surface area contributed by atoms with Crippen LogP contribution in [0.3, 0.4) is 0 Å². The lowest BCUT2D eigenvalue weighted by Crippen LogP contribution is -2.31. The molecule has 43 heavy (non-hydrogen) atoms. The number of aryl methyl sites for hydroxylation is 1. The number of para-hydroxylation sites is 2. The molecular weight excluding hydrogens is 592 g/mol. The van der Waals surface area contributed by atoms with Crippen LogP contribution >= 0.6 is 23.1 Å². The number of aromatic nitrogens is 1. The molecule has 2 heterocycles. The van der Waals surface area contributed by atoms with E-state index in [1.165, 1.54) is 24.2 Å². The molecule has 0 aliphatic carbocycles. The van der Waals surface area contributed by atoms with E-state index in [0.717, 1.165) is 23.1 Å². The van der Waals surface area contributed by atoms with Crippen molar-refractivity contribution < 1.29 is 24.0 Å². The van der Waals surface area contributed by atoms with Gasteiger partial charge in [-0.15, -0.1) is 5.10 Å². The van der Waals surface area contributed by atoms with Crippen LogP contribution in [0.5, 0.6) is 5.75 Å². The average Bonchev–Trinajstić information content (AvgIpc) is 3.54. The number of carbonyl (C=O) groups excluding carboxylic acids is 3. The average molecular weight is 615 g/mol. The highest BCUT2D eigenvalue weighted by Gasteiger charge is 2.35. The van der Waals surface area contributed by atoms with E-state index >= 15 is 0 Å². The molecule has 0 radical (unpaired) electrons. The Bertz CT molecular complexity index is 1790. The molecule has 1 aromatic heterocycles. The summed E-state index contributed by atoms with van der Waals surface area (Å²) in [4.78, 5) is 56.2. The molecule has 4 aromatic rings. The second-order valence-corrected chi connectivity index (χ2v) is 10.9. The molecule has 12 nitrogen and oxygen atoms in total. The van der Waals surface area contributed by atoms with Gasteiger partial charge >= 0.3 is 0 Å².